The molecule has 0 aromatic heterocycles. The summed E-state index contributed by atoms with van der Waals surface area (Å²) in [5, 5.41) is 0. The Hall–Kier alpha value is -1.81. The van der Waals surface area contributed by atoms with Crippen LogP contribution in [0.15, 0.2) is 30.8 Å². The van der Waals surface area contributed by atoms with Gasteiger partial charge in [-0.3, -0.25) is 0 Å². The Kier molecular flexibility index (Phi) is 4.36. The molecule has 0 spiro atoms. The average Bonchev–Trinajstić information content (AvgIpc) is 2.40. The molecule has 1 aromatic carbocycles. The van der Waals surface area contributed by atoms with E-state index in [4.69, 9.17) is 14.2 Å². The number of rotatable bonds is 3. The quantitative estimate of drug-likeness (QED) is 0.609. The zero-order valence-corrected chi connectivity index (χ0v) is 10.1. The third-order valence-corrected chi connectivity index (χ3v) is 2.73. The molecule has 1 aliphatic rings. The number of hydrogen-bond donors (Lipinski definition) is 0. The van der Waals surface area contributed by atoms with Crippen molar-refractivity contribution in [1.82, 2.24) is 0 Å². The Bertz CT molecular complexity index is 422. The zero-order valence-electron chi connectivity index (χ0n) is 10.1. The summed E-state index contributed by atoms with van der Waals surface area (Å²) in [5.41, 5.74) is 0.895. The second-order valence-corrected chi connectivity index (χ2v) is 4.06. The molecule has 0 radical (unpaired) electrons. The molecule has 18 heavy (non-hydrogen) atoms. The maximum atomic E-state index is 11.6. The van der Waals surface area contributed by atoms with Crippen LogP contribution < -0.4 is 4.74 Å². The van der Waals surface area contributed by atoms with E-state index in [-0.39, 0.29) is 6.10 Å². The molecule has 1 fully saturated rings. The second-order valence-electron chi connectivity index (χ2n) is 4.06. The maximum Gasteiger partial charge on any atom is 0.514 e. The lowest BCUT2D eigenvalue weighted by atomic mass is 10.2. The molecule has 1 aliphatic heterocycles. The Morgan fingerprint density at radius 2 is 2.17 bits per heavy atom. The monoisotopic (exact) mass is 248 g/mol. The molecule has 1 aromatic rings. The third-order valence-electron chi connectivity index (χ3n) is 2.73. The summed E-state index contributed by atoms with van der Waals surface area (Å²) < 4.78 is 15.5. The predicted octanol–water partition coefficient (Wildman–Crippen LogP) is 3.02. The van der Waals surface area contributed by atoms with Crippen LogP contribution in [0.5, 0.6) is 5.75 Å². The van der Waals surface area contributed by atoms with E-state index in [0.717, 1.165) is 18.4 Å². The van der Waals surface area contributed by atoms with Gasteiger partial charge in [0, 0.05) is 12.8 Å². The SMILES string of the molecule is C=Cc1cccc(OC(=O)OC2CCOCC2)c1. The third kappa shape index (κ3) is 3.60. The second kappa shape index (κ2) is 6.21. The smallest absolute Gasteiger partial charge is 0.430 e. The van der Waals surface area contributed by atoms with Crippen LogP contribution in [0, 0.1) is 0 Å². The highest BCUT2D eigenvalue weighted by Crippen LogP contribution is 2.16. The van der Waals surface area contributed by atoms with Crippen molar-refractivity contribution < 1.29 is 19.0 Å². The molecule has 4 heteroatoms. The van der Waals surface area contributed by atoms with E-state index in [1.807, 2.05) is 6.07 Å². The maximum absolute atomic E-state index is 11.6. The number of ether oxygens (including phenoxy) is 3. The minimum atomic E-state index is -0.664. The van der Waals surface area contributed by atoms with Crippen LogP contribution >= 0.6 is 0 Å². The largest absolute Gasteiger partial charge is 0.514 e. The Morgan fingerprint density at radius 1 is 1.39 bits per heavy atom. The number of benzene rings is 1. The van der Waals surface area contributed by atoms with Gasteiger partial charge in [0.15, 0.2) is 0 Å². The molecule has 0 bridgehead atoms. The molecule has 0 aliphatic carbocycles. The van der Waals surface area contributed by atoms with Crippen LogP contribution in [0.1, 0.15) is 18.4 Å². The lowest BCUT2D eigenvalue weighted by Crippen LogP contribution is -2.27. The van der Waals surface area contributed by atoms with Gasteiger partial charge >= 0.3 is 6.16 Å². The van der Waals surface area contributed by atoms with E-state index >= 15 is 0 Å². The molecule has 4 nitrogen and oxygen atoms in total. The molecule has 2 rings (SSSR count). The number of carbonyl (C=O) groups excluding carboxylic acids is 1. The lowest BCUT2D eigenvalue weighted by molar-refractivity contribution is -0.0128. The summed E-state index contributed by atoms with van der Waals surface area (Å²) in [4.78, 5) is 11.6. The Balaban J connectivity index is 1.87. The molecular weight excluding hydrogens is 232 g/mol. The van der Waals surface area contributed by atoms with Crippen molar-refractivity contribution in [3.8, 4) is 5.75 Å². The number of carbonyl (C=O) groups is 1. The van der Waals surface area contributed by atoms with Gasteiger partial charge in [-0.15, -0.1) is 0 Å². The van der Waals surface area contributed by atoms with Crippen molar-refractivity contribution in [2.45, 2.75) is 18.9 Å². The van der Waals surface area contributed by atoms with Gasteiger partial charge in [-0.25, -0.2) is 4.79 Å². The van der Waals surface area contributed by atoms with Gasteiger partial charge in [0.25, 0.3) is 0 Å². The van der Waals surface area contributed by atoms with E-state index in [0.29, 0.717) is 19.0 Å². The zero-order chi connectivity index (χ0) is 12.8. The molecule has 96 valence electrons. The molecule has 1 saturated heterocycles. The highest BCUT2D eigenvalue weighted by molar-refractivity contribution is 5.64. The van der Waals surface area contributed by atoms with Crippen LogP contribution in [0.2, 0.25) is 0 Å². The normalized spacial score (nSPS) is 16.0. The van der Waals surface area contributed by atoms with Crippen molar-refractivity contribution in [3.63, 3.8) is 0 Å². The van der Waals surface area contributed by atoms with Gasteiger partial charge in [0.05, 0.1) is 13.2 Å². The summed E-state index contributed by atoms with van der Waals surface area (Å²) >= 11 is 0. The first-order valence-electron chi connectivity index (χ1n) is 5.96. The molecule has 1 heterocycles. The summed E-state index contributed by atoms with van der Waals surface area (Å²) in [6.07, 6.45) is 2.37. The summed E-state index contributed by atoms with van der Waals surface area (Å²) in [7, 11) is 0. The summed E-state index contributed by atoms with van der Waals surface area (Å²) in [6.45, 7) is 4.92. The van der Waals surface area contributed by atoms with Gasteiger partial charge in [-0.1, -0.05) is 24.8 Å². The van der Waals surface area contributed by atoms with Gasteiger partial charge in [0.2, 0.25) is 0 Å². The van der Waals surface area contributed by atoms with Crippen molar-refractivity contribution >= 4 is 12.2 Å². The molecule has 0 amide bonds. The Labute approximate surface area is 106 Å². The first kappa shape index (κ1) is 12.6. The van der Waals surface area contributed by atoms with Gasteiger partial charge in [-0.2, -0.15) is 0 Å². The van der Waals surface area contributed by atoms with Crippen LogP contribution in [0.25, 0.3) is 6.08 Å². The fraction of sp³-hybridized carbons (Fsp3) is 0.357. The summed E-state index contributed by atoms with van der Waals surface area (Å²) in [5.74, 6) is 0.462. The van der Waals surface area contributed by atoms with Gasteiger partial charge in [-0.05, 0) is 17.7 Å². The lowest BCUT2D eigenvalue weighted by Gasteiger charge is -2.21. The van der Waals surface area contributed by atoms with Crippen LogP contribution in [-0.4, -0.2) is 25.5 Å². The van der Waals surface area contributed by atoms with Crippen molar-refractivity contribution in [1.29, 1.82) is 0 Å². The fourth-order valence-electron chi connectivity index (χ4n) is 1.76. The summed E-state index contributed by atoms with van der Waals surface area (Å²) in [6, 6.07) is 7.12. The molecular formula is C14H16O4. The van der Waals surface area contributed by atoms with Gasteiger partial charge < -0.3 is 14.2 Å². The van der Waals surface area contributed by atoms with Crippen LogP contribution in [-0.2, 0) is 9.47 Å². The topological polar surface area (TPSA) is 44.8 Å². The van der Waals surface area contributed by atoms with Crippen LogP contribution in [0.3, 0.4) is 0 Å². The van der Waals surface area contributed by atoms with Crippen molar-refractivity contribution in [2.24, 2.45) is 0 Å². The molecule has 0 atom stereocenters. The Morgan fingerprint density at radius 3 is 2.89 bits per heavy atom. The minimum Gasteiger partial charge on any atom is -0.430 e. The van der Waals surface area contributed by atoms with E-state index < -0.39 is 6.16 Å². The molecule has 0 unspecified atom stereocenters. The fourth-order valence-corrected chi connectivity index (χ4v) is 1.76. The van der Waals surface area contributed by atoms with Gasteiger partial charge in [0.1, 0.15) is 11.9 Å². The van der Waals surface area contributed by atoms with Crippen LogP contribution in [0.4, 0.5) is 4.79 Å². The first-order chi connectivity index (χ1) is 8.78. The van der Waals surface area contributed by atoms with E-state index in [1.165, 1.54) is 0 Å². The first-order valence-corrected chi connectivity index (χ1v) is 5.96. The number of hydrogen-bond acceptors (Lipinski definition) is 4. The highest BCUT2D eigenvalue weighted by Gasteiger charge is 2.19. The van der Waals surface area contributed by atoms with Crippen molar-refractivity contribution in [2.75, 3.05) is 13.2 Å². The molecule has 0 saturated carbocycles. The molecule has 0 N–H and O–H groups in total. The van der Waals surface area contributed by atoms with E-state index in [2.05, 4.69) is 6.58 Å². The van der Waals surface area contributed by atoms with E-state index in [1.54, 1.807) is 24.3 Å². The standard InChI is InChI=1S/C14H16O4/c1-2-11-4-3-5-13(10-11)18-14(15)17-12-6-8-16-9-7-12/h2-5,10,12H,1,6-9H2. The highest BCUT2D eigenvalue weighted by atomic mass is 16.7. The van der Waals surface area contributed by atoms with Crippen molar-refractivity contribution in [3.05, 3.63) is 36.4 Å². The minimum absolute atomic E-state index is 0.103. The van der Waals surface area contributed by atoms with E-state index in [9.17, 15) is 4.79 Å². The average molecular weight is 248 g/mol. The predicted molar refractivity (Wildman–Crippen MR) is 67.5 cm³/mol.